The Bertz CT molecular complexity index is 107. The minimum absolute atomic E-state index is 0.723. The van der Waals surface area contributed by atoms with Crippen LogP contribution < -0.4 is 22.1 Å². The number of nitrogens with one attached hydrogen (secondary N) is 2. The predicted octanol–water partition coefficient (Wildman–Crippen LogP) is -0.111. The molecule has 0 radical (unpaired) electrons. The molecule has 0 aromatic carbocycles. The molecule has 92 valence electrons. The van der Waals surface area contributed by atoms with Gasteiger partial charge in [-0.05, 0) is 58.0 Å². The van der Waals surface area contributed by atoms with Gasteiger partial charge in [-0.2, -0.15) is 0 Å². The van der Waals surface area contributed by atoms with Gasteiger partial charge in [-0.3, -0.25) is 0 Å². The molecular weight excluding hydrogens is 188 g/mol. The number of nitrogens with two attached hydrogens (primary N) is 2. The molecule has 0 heterocycles. The van der Waals surface area contributed by atoms with E-state index in [1.54, 1.807) is 0 Å². The van der Waals surface area contributed by atoms with Crippen LogP contribution in [0, 0.1) is 5.92 Å². The number of rotatable bonds is 11. The lowest BCUT2D eigenvalue weighted by molar-refractivity contribution is 0.429. The molecule has 0 aliphatic heterocycles. The largest absolute Gasteiger partial charge is 0.330 e. The molecule has 4 heteroatoms. The molecule has 0 aromatic rings. The minimum Gasteiger partial charge on any atom is -0.330 e. The van der Waals surface area contributed by atoms with E-state index >= 15 is 0 Å². The summed E-state index contributed by atoms with van der Waals surface area (Å²) in [7, 11) is 0. The van der Waals surface area contributed by atoms with Crippen LogP contribution in [0.2, 0.25) is 0 Å². The number of hydrogen-bond donors (Lipinski definition) is 4. The fraction of sp³-hybridized carbons (Fsp3) is 1.00. The normalized spacial score (nSPS) is 11.2. The highest BCUT2D eigenvalue weighted by atomic mass is 14.9. The van der Waals surface area contributed by atoms with Crippen LogP contribution in [0.25, 0.3) is 0 Å². The van der Waals surface area contributed by atoms with Crippen LogP contribution in [-0.2, 0) is 0 Å². The molecular formula is C11H28N4. The number of hydrogen-bond acceptors (Lipinski definition) is 4. The quantitative estimate of drug-likeness (QED) is 0.364. The van der Waals surface area contributed by atoms with E-state index in [1.165, 1.54) is 6.42 Å². The van der Waals surface area contributed by atoms with Gasteiger partial charge in [-0.1, -0.05) is 13.3 Å². The van der Waals surface area contributed by atoms with Crippen molar-refractivity contribution in [3.8, 4) is 0 Å². The Morgan fingerprint density at radius 1 is 0.933 bits per heavy atom. The Kier molecular flexibility index (Phi) is 11.8. The minimum atomic E-state index is 0.723. The second-order valence-corrected chi connectivity index (χ2v) is 3.97. The smallest absolute Gasteiger partial charge is 0.000847 e. The summed E-state index contributed by atoms with van der Waals surface area (Å²) < 4.78 is 0. The molecule has 0 spiro atoms. The van der Waals surface area contributed by atoms with Crippen molar-refractivity contribution >= 4 is 0 Å². The first-order valence-electron chi connectivity index (χ1n) is 6.16. The summed E-state index contributed by atoms with van der Waals surface area (Å²) in [4.78, 5) is 0. The molecule has 0 unspecified atom stereocenters. The lowest BCUT2D eigenvalue weighted by Crippen LogP contribution is -2.32. The second-order valence-electron chi connectivity index (χ2n) is 3.97. The Morgan fingerprint density at radius 3 is 1.73 bits per heavy atom. The van der Waals surface area contributed by atoms with Crippen molar-refractivity contribution < 1.29 is 0 Å². The highest BCUT2D eigenvalue weighted by molar-refractivity contribution is 4.64. The topological polar surface area (TPSA) is 76.1 Å². The van der Waals surface area contributed by atoms with Crippen molar-refractivity contribution in [1.82, 2.24) is 10.6 Å². The van der Waals surface area contributed by atoms with Gasteiger partial charge in [0.15, 0.2) is 0 Å². The third-order valence-electron chi connectivity index (χ3n) is 2.56. The van der Waals surface area contributed by atoms with Gasteiger partial charge in [-0.25, -0.2) is 0 Å². The van der Waals surface area contributed by atoms with Crippen molar-refractivity contribution in [2.45, 2.75) is 26.2 Å². The van der Waals surface area contributed by atoms with Gasteiger partial charge >= 0.3 is 0 Å². The molecule has 0 fully saturated rings. The van der Waals surface area contributed by atoms with Crippen LogP contribution in [0.15, 0.2) is 0 Å². The van der Waals surface area contributed by atoms with Crippen molar-refractivity contribution in [2.75, 3.05) is 39.3 Å². The summed E-state index contributed by atoms with van der Waals surface area (Å²) in [6, 6.07) is 0. The van der Waals surface area contributed by atoms with Gasteiger partial charge in [0.05, 0.1) is 0 Å². The summed E-state index contributed by atoms with van der Waals surface area (Å²) in [5.74, 6) is 0.723. The highest BCUT2D eigenvalue weighted by Crippen LogP contribution is 1.98. The molecule has 0 atom stereocenters. The van der Waals surface area contributed by atoms with Gasteiger partial charge in [0.25, 0.3) is 0 Å². The first kappa shape index (κ1) is 14.8. The molecule has 0 aliphatic carbocycles. The van der Waals surface area contributed by atoms with Gasteiger partial charge < -0.3 is 22.1 Å². The van der Waals surface area contributed by atoms with Gasteiger partial charge in [0, 0.05) is 0 Å². The molecule has 0 rings (SSSR count). The summed E-state index contributed by atoms with van der Waals surface area (Å²) in [5, 5.41) is 6.87. The highest BCUT2D eigenvalue weighted by Gasteiger charge is 2.04. The van der Waals surface area contributed by atoms with E-state index in [1.807, 2.05) is 0 Å². The van der Waals surface area contributed by atoms with Crippen LogP contribution in [0.1, 0.15) is 26.2 Å². The van der Waals surface area contributed by atoms with E-state index in [0.29, 0.717) is 0 Å². The van der Waals surface area contributed by atoms with Gasteiger partial charge in [0.1, 0.15) is 0 Å². The Balaban J connectivity index is 3.29. The van der Waals surface area contributed by atoms with E-state index in [0.717, 1.165) is 58.0 Å². The van der Waals surface area contributed by atoms with Crippen molar-refractivity contribution in [3.63, 3.8) is 0 Å². The molecule has 0 aromatic heterocycles. The maximum atomic E-state index is 5.43. The van der Waals surface area contributed by atoms with E-state index in [9.17, 15) is 0 Å². The van der Waals surface area contributed by atoms with Crippen LogP contribution in [0.5, 0.6) is 0 Å². The van der Waals surface area contributed by atoms with E-state index in [4.69, 9.17) is 11.5 Å². The summed E-state index contributed by atoms with van der Waals surface area (Å²) >= 11 is 0. The second kappa shape index (κ2) is 11.9. The standard InChI is InChI=1S/C11H28N4/c1-2-11(9-14-7-3-5-12)10-15-8-4-6-13/h11,14-15H,2-10,12-13H2,1H3. The van der Waals surface area contributed by atoms with Crippen LogP contribution in [0.3, 0.4) is 0 Å². The maximum Gasteiger partial charge on any atom is -0.000847 e. The Hall–Kier alpha value is -0.160. The zero-order chi connectivity index (χ0) is 11.4. The predicted molar refractivity (Wildman–Crippen MR) is 66.9 cm³/mol. The Morgan fingerprint density at radius 2 is 1.40 bits per heavy atom. The molecule has 0 aliphatic rings. The lowest BCUT2D eigenvalue weighted by Gasteiger charge is -2.16. The third-order valence-corrected chi connectivity index (χ3v) is 2.56. The van der Waals surface area contributed by atoms with Crippen LogP contribution in [0.4, 0.5) is 0 Å². The van der Waals surface area contributed by atoms with Gasteiger partial charge in [0.2, 0.25) is 0 Å². The lowest BCUT2D eigenvalue weighted by atomic mass is 10.1. The summed E-state index contributed by atoms with van der Waals surface area (Å²) in [6.45, 7) is 8.04. The average molecular weight is 216 g/mol. The van der Waals surface area contributed by atoms with Crippen molar-refractivity contribution in [2.24, 2.45) is 17.4 Å². The first-order valence-corrected chi connectivity index (χ1v) is 6.16. The fourth-order valence-corrected chi connectivity index (χ4v) is 1.43. The van der Waals surface area contributed by atoms with Crippen molar-refractivity contribution in [1.29, 1.82) is 0 Å². The average Bonchev–Trinajstić information content (AvgIpc) is 2.27. The molecule has 0 saturated heterocycles. The zero-order valence-electron chi connectivity index (χ0n) is 10.1. The third kappa shape index (κ3) is 10.1. The van der Waals surface area contributed by atoms with Crippen LogP contribution >= 0.6 is 0 Å². The molecule has 6 N–H and O–H groups in total. The van der Waals surface area contributed by atoms with Crippen molar-refractivity contribution in [3.05, 3.63) is 0 Å². The monoisotopic (exact) mass is 216 g/mol. The van der Waals surface area contributed by atoms with E-state index < -0.39 is 0 Å². The van der Waals surface area contributed by atoms with Gasteiger partial charge in [-0.15, -0.1) is 0 Å². The van der Waals surface area contributed by atoms with E-state index in [-0.39, 0.29) is 0 Å². The maximum absolute atomic E-state index is 5.43. The Labute approximate surface area is 94.2 Å². The summed E-state index contributed by atoms with van der Waals surface area (Å²) in [6.07, 6.45) is 3.35. The molecule has 4 nitrogen and oxygen atoms in total. The first-order chi connectivity index (χ1) is 7.35. The van der Waals surface area contributed by atoms with Crippen LogP contribution in [-0.4, -0.2) is 39.3 Å². The molecule has 15 heavy (non-hydrogen) atoms. The van der Waals surface area contributed by atoms with E-state index in [2.05, 4.69) is 17.6 Å². The fourth-order valence-electron chi connectivity index (χ4n) is 1.43. The molecule has 0 amide bonds. The SMILES string of the molecule is CCC(CNCCCN)CNCCCN. The zero-order valence-corrected chi connectivity index (χ0v) is 10.1. The summed E-state index contributed by atoms with van der Waals surface area (Å²) in [5.41, 5.74) is 10.9. The molecule has 0 saturated carbocycles. The molecule has 0 bridgehead atoms.